The van der Waals surface area contributed by atoms with Gasteiger partial charge in [0.1, 0.15) is 0 Å². The molecular formula is C15H28O4. The molecule has 0 spiro atoms. The predicted molar refractivity (Wildman–Crippen MR) is 74.7 cm³/mol. The Morgan fingerprint density at radius 1 is 1.05 bits per heavy atom. The van der Waals surface area contributed by atoms with Crippen molar-refractivity contribution in [1.82, 2.24) is 0 Å². The van der Waals surface area contributed by atoms with Gasteiger partial charge in [-0.1, -0.05) is 27.7 Å². The van der Waals surface area contributed by atoms with Gasteiger partial charge in [-0.05, 0) is 31.6 Å². The molecule has 0 saturated carbocycles. The topological polar surface area (TPSA) is 52.6 Å². The summed E-state index contributed by atoms with van der Waals surface area (Å²) in [4.78, 5) is 22.7. The van der Waals surface area contributed by atoms with Gasteiger partial charge in [0.15, 0.2) is 0 Å². The van der Waals surface area contributed by atoms with E-state index in [0.717, 1.165) is 6.42 Å². The number of rotatable bonds is 8. The van der Waals surface area contributed by atoms with E-state index in [9.17, 15) is 9.59 Å². The third-order valence-corrected chi connectivity index (χ3v) is 3.55. The van der Waals surface area contributed by atoms with Crippen molar-refractivity contribution in [2.75, 3.05) is 6.61 Å². The molecule has 1 unspecified atom stereocenters. The molecule has 1 atom stereocenters. The maximum Gasteiger partial charge on any atom is 0.306 e. The monoisotopic (exact) mass is 272 g/mol. The van der Waals surface area contributed by atoms with Crippen molar-refractivity contribution < 1.29 is 19.1 Å². The largest absolute Gasteiger partial charge is 0.466 e. The molecule has 0 N–H and O–H groups in total. The molecule has 19 heavy (non-hydrogen) atoms. The van der Waals surface area contributed by atoms with E-state index in [-0.39, 0.29) is 36.3 Å². The maximum absolute atomic E-state index is 11.6. The summed E-state index contributed by atoms with van der Waals surface area (Å²) < 4.78 is 10.1. The second kappa shape index (κ2) is 8.18. The highest BCUT2D eigenvalue weighted by molar-refractivity contribution is 5.77. The predicted octanol–water partition coefficient (Wildman–Crippen LogP) is 3.33. The van der Waals surface area contributed by atoms with Crippen molar-refractivity contribution in [2.45, 2.75) is 66.9 Å². The van der Waals surface area contributed by atoms with Gasteiger partial charge in [0.05, 0.1) is 25.6 Å². The van der Waals surface area contributed by atoms with Gasteiger partial charge in [0.25, 0.3) is 0 Å². The summed E-state index contributed by atoms with van der Waals surface area (Å²) in [6, 6.07) is 0. The second-order valence-electron chi connectivity index (χ2n) is 5.95. The van der Waals surface area contributed by atoms with Crippen molar-refractivity contribution in [3.63, 3.8) is 0 Å². The fourth-order valence-corrected chi connectivity index (χ4v) is 1.74. The van der Waals surface area contributed by atoms with Crippen LogP contribution in [0.25, 0.3) is 0 Å². The molecule has 0 heterocycles. The van der Waals surface area contributed by atoms with Crippen LogP contribution in [0.15, 0.2) is 0 Å². The van der Waals surface area contributed by atoms with Gasteiger partial charge in [0.2, 0.25) is 0 Å². The van der Waals surface area contributed by atoms with Crippen LogP contribution in [0, 0.1) is 11.3 Å². The van der Waals surface area contributed by atoms with Gasteiger partial charge in [0, 0.05) is 0 Å². The fraction of sp³-hybridized carbons (Fsp3) is 0.867. The third-order valence-electron chi connectivity index (χ3n) is 3.55. The zero-order chi connectivity index (χ0) is 15.1. The van der Waals surface area contributed by atoms with Crippen molar-refractivity contribution in [3.8, 4) is 0 Å². The van der Waals surface area contributed by atoms with E-state index < -0.39 is 0 Å². The lowest BCUT2D eigenvalue weighted by Crippen LogP contribution is -2.27. The van der Waals surface area contributed by atoms with Crippen LogP contribution < -0.4 is 0 Å². The van der Waals surface area contributed by atoms with E-state index >= 15 is 0 Å². The van der Waals surface area contributed by atoms with Crippen LogP contribution in [0.5, 0.6) is 0 Å². The quantitative estimate of drug-likeness (QED) is 0.636. The van der Waals surface area contributed by atoms with E-state index in [1.165, 1.54) is 0 Å². The molecule has 0 aromatic rings. The molecule has 0 saturated heterocycles. The summed E-state index contributed by atoms with van der Waals surface area (Å²) in [6.45, 7) is 12.6. The molecular weight excluding hydrogens is 244 g/mol. The van der Waals surface area contributed by atoms with Gasteiger partial charge in [-0.15, -0.1) is 0 Å². The Hall–Kier alpha value is -1.06. The highest BCUT2D eigenvalue weighted by atomic mass is 16.5. The fourth-order valence-electron chi connectivity index (χ4n) is 1.74. The number of ether oxygens (including phenoxy) is 2. The number of hydrogen-bond acceptors (Lipinski definition) is 4. The first kappa shape index (κ1) is 17.9. The van der Waals surface area contributed by atoms with Gasteiger partial charge >= 0.3 is 11.9 Å². The Balaban J connectivity index is 4.03. The Morgan fingerprint density at radius 3 is 2.05 bits per heavy atom. The first-order chi connectivity index (χ1) is 8.69. The number of esters is 2. The van der Waals surface area contributed by atoms with Crippen LogP contribution in [0.3, 0.4) is 0 Å². The van der Waals surface area contributed by atoms with E-state index in [1.807, 2.05) is 6.92 Å². The van der Waals surface area contributed by atoms with Crippen LogP contribution in [0.2, 0.25) is 0 Å². The summed E-state index contributed by atoms with van der Waals surface area (Å²) >= 11 is 0. The summed E-state index contributed by atoms with van der Waals surface area (Å²) in [7, 11) is 0. The lowest BCUT2D eigenvalue weighted by atomic mass is 9.77. The van der Waals surface area contributed by atoms with Crippen LogP contribution in [0.4, 0.5) is 0 Å². The molecule has 0 aliphatic carbocycles. The lowest BCUT2D eigenvalue weighted by molar-refractivity contribution is -0.154. The molecule has 0 aliphatic heterocycles. The Labute approximate surface area is 116 Å². The van der Waals surface area contributed by atoms with Crippen molar-refractivity contribution in [3.05, 3.63) is 0 Å². The number of carbonyl (C=O) groups is 2. The van der Waals surface area contributed by atoms with E-state index in [1.54, 1.807) is 6.92 Å². The standard InChI is InChI=1S/C15H28O4/c1-7-18-13(16)8-9-14(17)19-12(4)10-15(5,6)11(2)3/h11-12H,7-10H2,1-6H3. The minimum atomic E-state index is -0.352. The normalized spacial score (nSPS) is 13.2. The van der Waals surface area contributed by atoms with Gasteiger partial charge in [-0.3, -0.25) is 9.59 Å². The van der Waals surface area contributed by atoms with Crippen LogP contribution in [0.1, 0.15) is 60.8 Å². The zero-order valence-electron chi connectivity index (χ0n) is 13.1. The zero-order valence-corrected chi connectivity index (χ0v) is 13.1. The number of carbonyl (C=O) groups excluding carboxylic acids is 2. The van der Waals surface area contributed by atoms with Gasteiger partial charge < -0.3 is 9.47 Å². The molecule has 0 amide bonds. The minimum Gasteiger partial charge on any atom is -0.466 e. The van der Waals surface area contributed by atoms with Crippen molar-refractivity contribution in [1.29, 1.82) is 0 Å². The molecule has 112 valence electrons. The summed E-state index contributed by atoms with van der Waals surface area (Å²) in [5.74, 6) is -0.164. The SMILES string of the molecule is CCOC(=O)CCC(=O)OC(C)CC(C)(C)C(C)C. The van der Waals surface area contributed by atoms with Crippen LogP contribution in [-0.4, -0.2) is 24.6 Å². The molecule has 0 aliphatic rings. The maximum atomic E-state index is 11.6. The minimum absolute atomic E-state index is 0.0886. The second-order valence-corrected chi connectivity index (χ2v) is 5.95. The first-order valence-electron chi connectivity index (χ1n) is 7.04. The van der Waals surface area contributed by atoms with Crippen molar-refractivity contribution in [2.24, 2.45) is 11.3 Å². The molecule has 0 aromatic heterocycles. The summed E-state index contributed by atoms with van der Waals surface area (Å²) in [5.41, 5.74) is 0.126. The van der Waals surface area contributed by atoms with Gasteiger partial charge in [-0.25, -0.2) is 0 Å². The molecule has 0 bridgehead atoms. The van der Waals surface area contributed by atoms with Crippen LogP contribution in [-0.2, 0) is 19.1 Å². The first-order valence-corrected chi connectivity index (χ1v) is 7.04. The third kappa shape index (κ3) is 7.85. The average Bonchev–Trinajstić information content (AvgIpc) is 2.25. The van der Waals surface area contributed by atoms with E-state index in [4.69, 9.17) is 9.47 Å². The average molecular weight is 272 g/mol. The highest BCUT2D eigenvalue weighted by Crippen LogP contribution is 2.32. The highest BCUT2D eigenvalue weighted by Gasteiger charge is 2.26. The summed E-state index contributed by atoms with van der Waals surface area (Å²) in [6.07, 6.45) is 0.862. The molecule has 0 fully saturated rings. The number of hydrogen-bond donors (Lipinski definition) is 0. The Morgan fingerprint density at radius 2 is 1.58 bits per heavy atom. The molecule has 0 aromatic carbocycles. The molecule has 4 nitrogen and oxygen atoms in total. The Bertz CT molecular complexity index is 295. The van der Waals surface area contributed by atoms with Crippen molar-refractivity contribution >= 4 is 11.9 Å². The smallest absolute Gasteiger partial charge is 0.306 e. The van der Waals surface area contributed by atoms with Gasteiger partial charge in [-0.2, -0.15) is 0 Å². The molecule has 4 heteroatoms. The van der Waals surface area contributed by atoms with E-state index in [2.05, 4.69) is 27.7 Å². The van der Waals surface area contributed by atoms with E-state index in [0.29, 0.717) is 12.5 Å². The Kier molecular flexibility index (Phi) is 7.72. The lowest BCUT2D eigenvalue weighted by Gasteiger charge is -2.31. The van der Waals surface area contributed by atoms with Crippen LogP contribution >= 0.6 is 0 Å². The summed E-state index contributed by atoms with van der Waals surface area (Å²) in [5, 5.41) is 0. The molecule has 0 radical (unpaired) electrons. The molecule has 0 rings (SSSR count).